The van der Waals surface area contributed by atoms with Crippen molar-refractivity contribution >= 4 is 6.03 Å². The van der Waals surface area contributed by atoms with E-state index in [2.05, 4.69) is 15.7 Å². The quantitative estimate of drug-likeness (QED) is 0.762. The zero-order valence-electron chi connectivity index (χ0n) is 14.7. The summed E-state index contributed by atoms with van der Waals surface area (Å²) >= 11 is 0. The molecule has 2 unspecified atom stereocenters. The minimum absolute atomic E-state index is 0.0516. The Kier molecular flexibility index (Phi) is 5.62. The molecule has 1 aromatic carbocycles. The summed E-state index contributed by atoms with van der Waals surface area (Å²) in [5.74, 6) is 0.0516. The van der Waals surface area contributed by atoms with E-state index in [1.165, 1.54) is 0 Å². The number of urea groups is 1. The molecule has 0 aliphatic rings. The lowest BCUT2D eigenvalue weighted by atomic mass is 9.93. The van der Waals surface area contributed by atoms with Crippen molar-refractivity contribution < 1.29 is 9.90 Å². The number of para-hydroxylation sites is 1. The van der Waals surface area contributed by atoms with Crippen LogP contribution in [0.2, 0.25) is 0 Å². The Morgan fingerprint density at radius 3 is 2.62 bits per heavy atom. The molecule has 0 fully saturated rings. The molecule has 130 valence electrons. The van der Waals surface area contributed by atoms with E-state index in [0.717, 1.165) is 11.3 Å². The molecule has 6 nitrogen and oxygen atoms in total. The predicted octanol–water partition coefficient (Wildman–Crippen LogP) is 2.64. The van der Waals surface area contributed by atoms with E-state index in [0.29, 0.717) is 0 Å². The minimum Gasteiger partial charge on any atom is -0.388 e. The van der Waals surface area contributed by atoms with E-state index in [9.17, 15) is 9.90 Å². The number of aliphatic hydroxyl groups is 1. The molecule has 0 aliphatic carbocycles. The van der Waals surface area contributed by atoms with Crippen molar-refractivity contribution in [1.29, 1.82) is 0 Å². The number of aromatic nitrogens is 2. The van der Waals surface area contributed by atoms with E-state index in [1.807, 2.05) is 57.3 Å². The van der Waals surface area contributed by atoms with E-state index in [1.54, 1.807) is 17.8 Å². The summed E-state index contributed by atoms with van der Waals surface area (Å²) in [6, 6.07) is 9.15. The van der Waals surface area contributed by atoms with Crippen LogP contribution in [-0.4, -0.2) is 33.1 Å². The van der Waals surface area contributed by atoms with Gasteiger partial charge in [0.1, 0.15) is 0 Å². The highest BCUT2D eigenvalue weighted by atomic mass is 16.3. The largest absolute Gasteiger partial charge is 0.388 e. The van der Waals surface area contributed by atoms with Gasteiger partial charge in [0.15, 0.2) is 0 Å². The van der Waals surface area contributed by atoms with Crippen molar-refractivity contribution in [2.45, 2.75) is 39.3 Å². The second kappa shape index (κ2) is 7.49. The van der Waals surface area contributed by atoms with Crippen LogP contribution < -0.4 is 10.6 Å². The lowest BCUT2D eigenvalue weighted by Gasteiger charge is -2.28. The molecular formula is C18H26N4O2. The highest BCUT2D eigenvalue weighted by Gasteiger charge is 2.25. The first-order valence-corrected chi connectivity index (χ1v) is 8.17. The highest BCUT2D eigenvalue weighted by Crippen LogP contribution is 2.21. The van der Waals surface area contributed by atoms with E-state index in [-0.39, 0.29) is 24.5 Å². The first-order valence-electron chi connectivity index (χ1n) is 8.17. The van der Waals surface area contributed by atoms with Gasteiger partial charge in [-0.05, 0) is 37.5 Å². The van der Waals surface area contributed by atoms with Gasteiger partial charge in [-0.3, -0.25) is 0 Å². The summed E-state index contributed by atoms with van der Waals surface area (Å²) in [6.07, 6.45) is 3.58. The van der Waals surface area contributed by atoms with Crippen molar-refractivity contribution in [3.05, 3.63) is 48.3 Å². The average molecular weight is 330 g/mol. The van der Waals surface area contributed by atoms with Gasteiger partial charge in [0.2, 0.25) is 0 Å². The molecule has 0 radical (unpaired) electrons. The van der Waals surface area contributed by atoms with Gasteiger partial charge in [-0.15, -0.1) is 0 Å². The molecule has 0 saturated heterocycles. The maximum atomic E-state index is 12.1. The van der Waals surface area contributed by atoms with Crippen molar-refractivity contribution in [3.63, 3.8) is 0 Å². The lowest BCUT2D eigenvalue weighted by molar-refractivity contribution is 0.0165. The standard InChI is InChI=1S/C18H26N4O2/c1-13(2)18(4,24)12-19-17(23)21-14(3)15-8-5-6-9-16(15)22-11-7-10-20-22/h5-11,13-14,24H,12H2,1-4H3,(H2,19,21,23). The van der Waals surface area contributed by atoms with Crippen molar-refractivity contribution in [2.24, 2.45) is 5.92 Å². The van der Waals surface area contributed by atoms with Crippen LogP contribution in [0.5, 0.6) is 0 Å². The fraction of sp³-hybridized carbons (Fsp3) is 0.444. The summed E-state index contributed by atoms with van der Waals surface area (Å²) in [4.78, 5) is 12.1. The molecule has 0 spiro atoms. The maximum absolute atomic E-state index is 12.1. The summed E-state index contributed by atoms with van der Waals surface area (Å²) < 4.78 is 1.77. The normalized spacial score (nSPS) is 14.9. The minimum atomic E-state index is -0.937. The first-order chi connectivity index (χ1) is 11.3. The van der Waals surface area contributed by atoms with Crippen LogP contribution in [0, 0.1) is 5.92 Å². The van der Waals surface area contributed by atoms with Gasteiger partial charge >= 0.3 is 6.03 Å². The Balaban J connectivity index is 2.03. The fourth-order valence-electron chi connectivity index (χ4n) is 2.26. The Morgan fingerprint density at radius 2 is 2.00 bits per heavy atom. The second-order valence-corrected chi connectivity index (χ2v) is 6.57. The van der Waals surface area contributed by atoms with Crippen LogP contribution in [-0.2, 0) is 0 Å². The molecule has 2 amide bonds. The molecule has 1 heterocycles. The molecular weight excluding hydrogens is 304 g/mol. The monoisotopic (exact) mass is 330 g/mol. The number of hydrogen-bond donors (Lipinski definition) is 3. The van der Waals surface area contributed by atoms with Gasteiger partial charge in [0.25, 0.3) is 0 Å². The topological polar surface area (TPSA) is 79.2 Å². The number of benzene rings is 1. The third-order valence-electron chi connectivity index (χ3n) is 4.35. The van der Waals surface area contributed by atoms with Gasteiger partial charge < -0.3 is 15.7 Å². The van der Waals surface area contributed by atoms with Gasteiger partial charge in [-0.2, -0.15) is 5.10 Å². The summed E-state index contributed by atoms with van der Waals surface area (Å²) in [7, 11) is 0. The fourth-order valence-corrected chi connectivity index (χ4v) is 2.26. The molecule has 2 aromatic rings. The first kappa shape index (κ1) is 18.0. The predicted molar refractivity (Wildman–Crippen MR) is 94.0 cm³/mol. The number of carbonyl (C=O) groups is 1. The van der Waals surface area contributed by atoms with E-state index >= 15 is 0 Å². The molecule has 1 aromatic heterocycles. The Labute approximate surface area is 142 Å². The summed E-state index contributed by atoms with van der Waals surface area (Å²) in [6.45, 7) is 7.67. The van der Waals surface area contributed by atoms with Crippen LogP contribution in [0.15, 0.2) is 42.7 Å². The number of nitrogens with one attached hydrogen (secondary N) is 2. The smallest absolute Gasteiger partial charge is 0.315 e. The zero-order chi connectivity index (χ0) is 17.7. The molecule has 6 heteroatoms. The number of rotatable bonds is 6. The summed E-state index contributed by atoms with van der Waals surface area (Å²) in [5.41, 5.74) is 0.949. The zero-order valence-corrected chi connectivity index (χ0v) is 14.7. The van der Waals surface area contributed by atoms with Crippen LogP contribution in [0.3, 0.4) is 0 Å². The van der Waals surface area contributed by atoms with E-state index < -0.39 is 5.60 Å². The third-order valence-corrected chi connectivity index (χ3v) is 4.35. The molecule has 2 rings (SSSR count). The van der Waals surface area contributed by atoms with Crippen molar-refractivity contribution in [1.82, 2.24) is 20.4 Å². The average Bonchev–Trinajstić information content (AvgIpc) is 3.07. The Bertz CT molecular complexity index is 665. The van der Waals surface area contributed by atoms with Gasteiger partial charge in [-0.1, -0.05) is 32.0 Å². The van der Waals surface area contributed by atoms with Crippen LogP contribution in [0.4, 0.5) is 4.79 Å². The Hall–Kier alpha value is -2.34. The number of hydrogen-bond acceptors (Lipinski definition) is 3. The van der Waals surface area contributed by atoms with Crippen molar-refractivity contribution in [2.75, 3.05) is 6.54 Å². The molecule has 3 N–H and O–H groups in total. The Morgan fingerprint density at radius 1 is 1.29 bits per heavy atom. The van der Waals surface area contributed by atoms with E-state index in [4.69, 9.17) is 0 Å². The number of amides is 2. The molecule has 0 bridgehead atoms. The van der Waals surface area contributed by atoms with Gasteiger partial charge in [0, 0.05) is 18.9 Å². The molecule has 24 heavy (non-hydrogen) atoms. The molecule has 2 atom stereocenters. The third kappa shape index (κ3) is 4.35. The SMILES string of the molecule is CC(NC(=O)NCC(C)(O)C(C)C)c1ccccc1-n1cccn1. The van der Waals surface area contributed by atoms with Gasteiger partial charge in [0.05, 0.1) is 17.3 Å². The lowest BCUT2D eigenvalue weighted by Crippen LogP contribution is -2.47. The van der Waals surface area contributed by atoms with Crippen molar-refractivity contribution in [3.8, 4) is 5.69 Å². The summed E-state index contributed by atoms with van der Waals surface area (Å²) in [5, 5.41) is 20.1. The van der Waals surface area contributed by atoms with Crippen LogP contribution >= 0.6 is 0 Å². The maximum Gasteiger partial charge on any atom is 0.315 e. The number of nitrogens with zero attached hydrogens (tertiary/aromatic N) is 2. The van der Waals surface area contributed by atoms with Crippen LogP contribution in [0.25, 0.3) is 5.69 Å². The highest BCUT2D eigenvalue weighted by molar-refractivity contribution is 5.74. The molecule has 0 aliphatic heterocycles. The second-order valence-electron chi connectivity index (χ2n) is 6.57. The molecule has 0 saturated carbocycles. The van der Waals surface area contributed by atoms with Gasteiger partial charge in [-0.25, -0.2) is 9.48 Å². The number of carbonyl (C=O) groups excluding carboxylic acids is 1. The van der Waals surface area contributed by atoms with Crippen LogP contribution in [0.1, 0.15) is 39.3 Å².